The number of aromatic nitrogens is 2. The second-order valence-electron chi connectivity index (χ2n) is 10.6. The quantitative estimate of drug-likeness (QED) is 0.221. The van der Waals surface area contributed by atoms with Crippen molar-refractivity contribution < 1.29 is 4.74 Å². The molecule has 0 saturated heterocycles. The Morgan fingerprint density at radius 3 is 2.21 bits per heavy atom. The summed E-state index contributed by atoms with van der Waals surface area (Å²) in [5, 5.41) is 19.0. The molecular weight excluding hydrogens is 520 g/mol. The van der Waals surface area contributed by atoms with Crippen LogP contribution in [0, 0.1) is 43.4 Å². The zero-order chi connectivity index (χ0) is 29.4. The van der Waals surface area contributed by atoms with Crippen molar-refractivity contribution in [1.82, 2.24) is 9.97 Å². The molecule has 7 nitrogen and oxygen atoms in total. The lowest BCUT2D eigenvalue weighted by molar-refractivity contribution is 0.481. The Morgan fingerprint density at radius 2 is 1.52 bits per heavy atom. The highest BCUT2D eigenvalue weighted by molar-refractivity contribution is 5.85. The molecule has 0 amide bonds. The normalized spacial score (nSPS) is 12.0. The van der Waals surface area contributed by atoms with E-state index in [0.29, 0.717) is 40.7 Å². The molecule has 2 aromatic heterocycles. The third-order valence-electron chi connectivity index (χ3n) is 7.48. The average Bonchev–Trinajstić information content (AvgIpc) is 3.33. The van der Waals surface area contributed by atoms with Gasteiger partial charge in [0.1, 0.15) is 29.2 Å². The molecule has 0 aliphatic carbocycles. The largest absolute Gasteiger partial charge is 0.456 e. The minimum Gasteiger partial charge on any atom is -0.456 e. The van der Waals surface area contributed by atoms with E-state index in [4.69, 9.17) is 10.00 Å². The third kappa shape index (κ3) is 4.89. The molecule has 0 radical (unpaired) electrons. The molecule has 0 atom stereocenters. The molecule has 0 bridgehead atoms. The minimum atomic E-state index is 0.313. The fourth-order valence-corrected chi connectivity index (χ4v) is 5.66. The highest BCUT2D eigenvalue weighted by atomic mass is 16.5. The summed E-state index contributed by atoms with van der Waals surface area (Å²) in [5.41, 5.74) is 11.0. The smallest absolute Gasteiger partial charge is 0.148 e. The van der Waals surface area contributed by atoms with E-state index >= 15 is 0 Å². The highest BCUT2D eigenvalue weighted by Gasteiger charge is 2.25. The number of pyridine rings is 2. The van der Waals surface area contributed by atoms with Gasteiger partial charge in [-0.1, -0.05) is 29.8 Å². The van der Waals surface area contributed by atoms with Crippen molar-refractivity contribution in [3.05, 3.63) is 113 Å². The van der Waals surface area contributed by atoms with Gasteiger partial charge >= 0.3 is 0 Å². The van der Waals surface area contributed by atoms with Crippen LogP contribution in [0.4, 0.5) is 17.1 Å². The summed E-state index contributed by atoms with van der Waals surface area (Å²) < 4.78 is 6.51. The van der Waals surface area contributed by atoms with E-state index in [2.05, 4.69) is 102 Å². The number of nitriles is 2. The van der Waals surface area contributed by atoms with E-state index in [1.54, 1.807) is 18.2 Å². The maximum absolute atomic E-state index is 9.89. The molecule has 1 aliphatic heterocycles. The molecule has 1 aliphatic rings. The van der Waals surface area contributed by atoms with E-state index in [0.717, 1.165) is 28.2 Å². The zero-order valence-electron chi connectivity index (χ0n) is 23.9. The average molecular weight is 549 g/mol. The summed E-state index contributed by atoms with van der Waals surface area (Å²) in [5.74, 6) is 0.989. The van der Waals surface area contributed by atoms with E-state index in [9.17, 15) is 5.26 Å². The summed E-state index contributed by atoms with van der Waals surface area (Å²) in [7, 11) is 2.09. The predicted molar refractivity (Wildman–Crippen MR) is 165 cm³/mol. The third-order valence-corrected chi connectivity index (χ3v) is 7.48. The van der Waals surface area contributed by atoms with Crippen LogP contribution in [0.25, 0.3) is 22.5 Å². The highest BCUT2D eigenvalue weighted by Crippen LogP contribution is 2.43. The summed E-state index contributed by atoms with van der Waals surface area (Å²) >= 11 is 0. The van der Waals surface area contributed by atoms with Gasteiger partial charge in [0.05, 0.1) is 35.0 Å². The monoisotopic (exact) mass is 548 g/mol. The Morgan fingerprint density at radius 1 is 0.786 bits per heavy atom. The molecule has 3 heterocycles. The van der Waals surface area contributed by atoms with Crippen LogP contribution >= 0.6 is 0 Å². The zero-order valence-corrected chi connectivity index (χ0v) is 23.9. The van der Waals surface area contributed by atoms with Crippen LogP contribution in [-0.2, 0) is 0 Å². The number of anilines is 3. The molecule has 0 unspecified atom stereocenters. The second-order valence-corrected chi connectivity index (χ2v) is 10.6. The Labute approximate surface area is 245 Å². The first-order chi connectivity index (χ1) is 20.3. The molecule has 0 fully saturated rings. The van der Waals surface area contributed by atoms with Crippen LogP contribution in [0.5, 0.6) is 11.5 Å². The van der Waals surface area contributed by atoms with E-state index < -0.39 is 0 Å². The lowest BCUT2D eigenvalue weighted by Crippen LogP contribution is -2.24. The molecule has 204 valence electrons. The van der Waals surface area contributed by atoms with Crippen LogP contribution in [-0.4, -0.2) is 23.7 Å². The van der Waals surface area contributed by atoms with E-state index in [1.165, 1.54) is 29.1 Å². The van der Waals surface area contributed by atoms with Gasteiger partial charge in [-0.05, 0) is 79.4 Å². The van der Waals surface area contributed by atoms with Gasteiger partial charge in [0.15, 0.2) is 0 Å². The van der Waals surface area contributed by atoms with Crippen LogP contribution in [0.15, 0.2) is 85.2 Å². The van der Waals surface area contributed by atoms with Gasteiger partial charge in [0.25, 0.3) is 0 Å². The molecule has 0 saturated carbocycles. The molecule has 3 aromatic carbocycles. The molecular formula is C35H28N6O. The van der Waals surface area contributed by atoms with Crippen molar-refractivity contribution in [3.63, 3.8) is 0 Å². The van der Waals surface area contributed by atoms with E-state index in [1.807, 2.05) is 12.1 Å². The van der Waals surface area contributed by atoms with Gasteiger partial charge in [-0.15, -0.1) is 0 Å². The fourth-order valence-electron chi connectivity index (χ4n) is 5.66. The first-order valence-electron chi connectivity index (χ1n) is 13.6. The number of hydrogen-bond donors (Lipinski definition) is 0. The minimum absolute atomic E-state index is 0.313. The summed E-state index contributed by atoms with van der Waals surface area (Å²) in [6, 6.07) is 28.4. The number of rotatable bonds is 5. The number of nitrogens with zero attached hydrogens (tertiary/aromatic N) is 6. The van der Waals surface area contributed by atoms with Crippen molar-refractivity contribution in [1.29, 1.82) is 10.5 Å². The Hall–Kier alpha value is -5.66. The lowest BCUT2D eigenvalue weighted by atomic mass is 9.93. The van der Waals surface area contributed by atoms with Crippen LogP contribution < -0.4 is 14.5 Å². The number of benzene rings is 3. The summed E-state index contributed by atoms with van der Waals surface area (Å²) in [6.45, 7) is 7.07. The maximum Gasteiger partial charge on any atom is 0.148 e. The van der Waals surface area contributed by atoms with Gasteiger partial charge in [-0.25, -0.2) is 0 Å². The lowest BCUT2D eigenvalue weighted by Gasteiger charge is -2.23. The Kier molecular flexibility index (Phi) is 6.78. The van der Waals surface area contributed by atoms with Crippen LogP contribution in [0.2, 0.25) is 0 Å². The Balaban J connectivity index is 1.48. The van der Waals surface area contributed by atoms with Crippen molar-refractivity contribution in [3.8, 4) is 46.2 Å². The van der Waals surface area contributed by atoms with E-state index in [-0.39, 0.29) is 0 Å². The van der Waals surface area contributed by atoms with Crippen molar-refractivity contribution in [2.45, 2.75) is 20.8 Å². The number of aryl methyl sites for hydroxylation is 3. The number of fused-ring (bicyclic) bond motifs is 1. The molecule has 0 N–H and O–H groups in total. The maximum atomic E-state index is 9.89. The SMILES string of the molecule is Cc1cc(C)c(-c2cc(Oc3cc(-c4ccc(C#N)cn4)ncc3C#N)cc(N3CN(C)c4ccccc43)c2)c(C)c1. The fraction of sp³-hybridized carbons (Fsp3) is 0.143. The molecule has 6 rings (SSSR count). The van der Waals surface area contributed by atoms with Crippen LogP contribution in [0.1, 0.15) is 27.8 Å². The van der Waals surface area contributed by atoms with Crippen LogP contribution in [0.3, 0.4) is 0 Å². The summed E-state index contributed by atoms with van der Waals surface area (Å²) in [6.07, 6.45) is 3.00. The second kappa shape index (κ2) is 10.7. The topological polar surface area (TPSA) is 89.1 Å². The van der Waals surface area contributed by atoms with Crippen molar-refractivity contribution >= 4 is 17.1 Å². The van der Waals surface area contributed by atoms with Gasteiger partial charge in [0, 0.05) is 37.3 Å². The molecule has 7 heteroatoms. The predicted octanol–water partition coefficient (Wildman–Crippen LogP) is 7.82. The number of ether oxygens (including phenoxy) is 1. The molecule has 42 heavy (non-hydrogen) atoms. The summed E-state index contributed by atoms with van der Waals surface area (Å²) in [4.78, 5) is 13.3. The van der Waals surface area contributed by atoms with Crippen molar-refractivity contribution in [2.24, 2.45) is 0 Å². The number of para-hydroxylation sites is 2. The van der Waals surface area contributed by atoms with Gasteiger partial charge < -0.3 is 14.5 Å². The molecule has 0 spiro atoms. The van der Waals surface area contributed by atoms with Gasteiger partial charge in [0.2, 0.25) is 0 Å². The number of hydrogen-bond acceptors (Lipinski definition) is 7. The standard InChI is InChI=1S/C35H28N6O/c1-22-11-23(2)35(24(3)12-22)26-13-28(41-21-40(4)32-7-5-6-8-33(32)41)15-29(14-26)42-34-16-31(39-20-27(34)18-37)30-10-9-25(17-36)19-38-30/h5-16,19-20H,21H2,1-4H3. The van der Waals surface area contributed by atoms with Gasteiger partial charge in [-0.2, -0.15) is 10.5 Å². The Bertz CT molecular complexity index is 1890. The molecule has 5 aromatic rings. The van der Waals surface area contributed by atoms with Gasteiger partial charge in [-0.3, -0.25) is 9.97 Å². The first-order valence-corrected chi connectivity index (χ1v) is 13.6. The first kappa shape index (κ1) is 26.6. The van der Waals surface area contributed by atoms with Crippen molar-refractivity contribution in [2.75, 3.05) is 23.5 Å².